The summed E-state index contributed by atoms with van der Waals surface area (Å²) < 4.78 is 13.6. The maximum absolute atomic E-state index is 13.6. The van der Waals surface area contributed by atoms with Crippen LogP contribution < -0.4 is 11.1 Å². The molecule has 2 aromatic carbocycles. The molecule has 2 aromatic rings. The summed E-state index contributed by atoms with van der Waals surface area (Å²) in [6.07, 6.45) is 0. The van der Waals surface area contributed by atoms with Gasteiger partial charge in [-0.2, -0.15) is 0 Å². The summed E-state index contributed by atoms with van der Waals surface area (Å²) in [4.78, 5) is 0. The Morgan fingerprint density at radius 2 is 1.94 bits per heavy atom. The lowest BCUT2D eigenvalue weighted by atomic mass is 10.1. The predicted octanol–water partition coefficient (Wildman–Crippen LogP) is 3.98. The summed E-state index contributed by atoms with van der Waals surface area (Å²) in [5.41, 5.74) is 8.81. The van der Waals surface area contributed by atoms with Crippen LogP contribution in [0.5, 0.6) is 0 Å². The SMILES string of the molecule is Cc1c(N)cccc1NCc1c(F)cccc1Cl. The molecule has 0 aliphatic heterocycles. The summed E-state index contributed by atoms with van der Waals surface area (Å²) in [6.45, 7) is 2.25. The summed E-state index contributed by atoms with van der Waals surface area (Å²) >= 11 is 5.96. The van der Waals surface area contributed by atoms with Crippen molar-refractivity contribution in [3.8, 4) is 0 Å². The number of halogens is 2. The molecule has 0 amide bonds. The van der Waals surface area contributed by atoms with Crippen LogP contribution in [0.3, 0.4) is 0 Å². The van der Waals surface area contributed by atoms with Gasteiger partial charge in [0, 0.05) is 28.5 Å². The topological polar surface area (TPSA) is 38.0 Å². The number of hydrogen-bond acceptors (Lipinski definition) is 2. The molecule has 0 unspecified atom stereocenters. The van der Waals surface area contributed by atoms with Crippen molar-refractivity contribution in [3.63, 3.8) is 0 Å². The number of rotatable bonds is 3. The highest BCUT2D eigenvalue weighted by Gasteiger charge is 2.07. The minimum absolute atomic E-state index is 0.309. The van der Waals surface area contributed by atoms with E-state index in [0.717, 1.165) is 11.3 Å². The first kappa shape index (κ1) is 12.7. The van der Waals surface area contributed by atoms with Crippen LogP contribution in [-0.2, 0) is 6.54 Å². The molecular weight excluding hydrogens is 251 g/mol. The Bertz CT molecular complexity index is 549. The van der Waals surface area contributed by atoms with E-state index in [1.807, 2.05) is 25.1 Å². The van der Waals surface area contributed by atoms with E-state index in [0.29, 0.717) is 22.8 Å². The second kappa shape index (κ2) is 5.27. The zero-order chi connectivity index (χ0) is 13.1. The van der Waals surface area contributed by atoms with Crippen LogP contribution in [0.15, 0.2) is 36.4 Å². The van der Waals surface area contributed by atoms with Crippen LogP contribution in [0.4, 0.5) is 15.8 Å². The Balaban J connectivity index is 2.19. The molecule has 0 heterocycles. The second-order valence-electron chi connectivity index (χ2n) is 4.07. The molecule has 0 aliphatic rings. The van der Waals surface area contributed by atoms with Crippen LogP contribution >= 0.6 is 11.6 Å². The highest BCUT2D eigenvalue weighted by molar-refractivity contribution is 6.31. The van der Waals surface area contributed by atoms with Gasteiger partial charge in [-0.3, -0.25) is 0 Å². The number of nitrogens with one attached hydrogen (secondary N) is 1. The number of benzene rings is 2. The molecule has 0 saturated carbocycles. The highest BCUT2D eigenvalue weighted by Crippen LogP contribution is 2.24. The number of nitrogens with two attached hydrogens (primary N) is 1. The molecular formula is C14H14ClFN2. The van der Waals surface area contributed by atoms with Crippen molar-refractivity contribution < 1.29 is 4.39 Å². The molecule has 94 valence electrons. The van der Waals surface area contributed by atoms with Crippen LogP contribution in [0.25, 0.3) is 0 Å². The average molecular weight is 265 g/mol. The standard InChI is InChI=1S/C14H14ClFN2/c1-9-13(17)6-3-7-14(9)18-8-10-11(15)4-2-5-12(10)16/h2-7,18H,8,17H2,1H3. The van der Waals surface area contributed by atoms with E-state index in [1.165, 1.54) is 6.07 Å². The molecule has 0 aromatic heterocycles. The minimum Gasteiger partial charge on any atom is -0.398 e. The first-order chi connectivity index (χ1) is 8.59. The maximum Gasteiger partial charge on any atom is 0.129 e. The summed E-state index contributed by atoms with van der Waals surface area (Å²) in [5.74, 6) is -0.309. The third-order valence-corrected chi connectivity index (χ3v) is 3.25. The Hall–Kier alpha value is -1.74. The predicted molar refractivity (Wildman–Crippen MR) is 74.3 cm³/mol. The van der Waals surface area contributed by atoms with Crippen molar-refractivity contribution in [3.05, 3.63) is 58.4 Å². The van der Waals surface area contributed by atoms with E-state index in [-0.39, 0.29) is 5.82 Å². The van der Waals surface area contributed by atoms with Crippen LogP contribution in [-0.4, -0.2) is 0 Å². The molecule has 0 atom stereocenters. The van der Waals surface area contributed by atoms with Gasteiger partial charge < -0.3 is 11.1 Å². The lowest BCUT2D eigenvalue weighted by Gasteiger charge is -2.12. The van der Waals surface area contributed by atoms with Crippen molar-refractivity contribution in [1.29, 1.82) is 0 Å². The van der Waals surface area contributed by atoms with E-state index in [1.54, 1.807) is 12.1 Å². The zero-order valence-electron chi connectivity index (χ0n) is 10.0. The Kier molecular flexibility index (Phi) is 3.72. The van der Waals surface area contributed by atoms with Gasteiger partial charge in [-0.25, -0.2) is 4.39 Å². The largest absolute Gasteiger partial charge is 0.398 e. The average Bonchev–Trinajstić information content (AvgIpc) is 2.33. The molecule has 4 heteroatoms. The molecule has 0 spiro atoms. The van der Waals surface area contributed by atoms with Crippen molar-refractivity contribution >= 4 is 23.0 Å². The third-order valence-electron chi connectivity index (χ3n) is 2.89. The van der Waals surface area contributed by atoms with Gasteiger partial charge in [-0.05, 0) is 36.8 Å². The van der Waals surface area contributed by atoms with Crippen molar-refractivity contribution in [2.24, 2.45) is 0 Å². The maximum atomic E-state index is 13.6. The number of hydrogen-bond donors (Lipinski definition) is 2. The van der Waals surface area contributed by atoms with E-state index in [9.17, 15) is 4.39 Å². The van der Waals surface area contributed by atoms with Crippen LogP contribution in [0.1, 0.15) is 11.1 Å². The fraction of sp³-hybridized carbons (Fsp3) is 0.143. The molecule has 0 radical (unpaired) electrons. The molecule has 3 N–H and O–H groups in total. The monoisotopic (exact) mass is 264 g/mol. The summed E-state index contributed by atoms with van der Waals surface area (Å²) in [5, 5.41) is 3.57. The van der Waals surface area contributed by atoms with E-state index in [2.05, 4.69) is 5.32 Å². The van der Waals surface area contributed by atoms with Gasteiger partial charge in [0.25, 0.3) is 0 Å². The lowest BCUT2D eigenvalue weighted by molar-refractivity contribution is 0.613. The van der Waals surface area contributed by atoms with Gasteiger partial charge in [0.2, 0.25) is 0 Å². The van der Waals surface area contributed by atoms with Crippen LogP contribution in [0.2, 0.25) is 5.02 Å². The van der Waals surface area contributed by atoms with Crippen molar-refractivity contribution in [2.75, 3.05) is 11.1 Å². The van der Waals surface area contributed by atoms with E-state index >= 15 is 0 Å². The second-order valence-corrected chi connectivity index (χ2v) is 4.48. The molecule has 2 rings (SSSR count). The summed E-state index contributed by atoms with van der Waals surface area (Å²) in [6, 6.07) is 10.3. The van der Waals surface area contributed by atoms with E-state index in [4.69, 9.17) is 17.3 Å². The first-order valence-corrected chi connectivity index (χ1v) is 5.99. The lowest BCUT2D eigenvalue weighted by Crippen LogP contribution is -2.05. The first-order valence-electron chi connectivity index (χ1n) is 5.61. The Morgan fingerprint density at radius 1 is 1.22 bits per heavy atom. The molecule has 2 nitrogen and oxygen atoms in total. The van der Waals surface area contributed by atoms with Gasteiger partial charge in [0.1, 0.15) is 5.82 Å². The van der Waals surface area contributed by atoms with Gasteiger partial charge in [0.15, 0.2) is 0 Å². The number of anilines is 2. The minimum atomic E-state index is -0.309. The van der Waals surface area contributed by atoms with Crippen LogP contribution in [0, 0.1) is 12.7 Å². The van der Waals surface area contributed by atoms with Crippen molar-refractivity contribution in [1.82, 2.24) is 0 Å². The van der Waals surface area contributed by atoms with Gasteiger partial charge in [-0.15, -0.1) is 0 Å². The molecule has 0 saturated heterocycles. The van der Waals surface area contributed by atoms with E-state index < -0.39 is 0 Å². The molecule has 0 aliphatic carbocycles. The smallest absolute Gasteiger partial charge is 0.129 e. The quantitative estimate of drug-likeness (QED) is 0.823. The molecule has 0 bridgehead atoms. The third kappa shape index (κ3) is 2.57. The van der Waals surface area contributed by atoms with Gasteiger partial charge in [0.05, 0.1) is 0 Å². The summed E-state index contributed by atoms with van der Waals surface area (Å²) in [7, 11) is 0. The normalized spacial score (nSPS) is 10.4. The highest BCUT2D eigenvalue weighted by atomic mass is 35.5. The van der Waals surface area contributed by atoms with Gasteiger partial charge in [-0.1, -0.05) is 23.7 Å². The Labute approximate surface area is 111 Å². The Morgan fingerprint density at radius 3 is 2.67 bits per heavy atom. The van der Waals surface area contributed by atoms with Crippen molar-refractivity contribution in [2.45, 2.75) is 13.5 Å². The fourth-order valence-electron chi connectivity index (χ4n) is 1.73. The van der Waals surface area contributed by atoms with Gasteiger partial charge >= 0.3 is 0 Å². The molecule has 0 fully saturated rings. The zero-order valence-corrected chi connectivity index (χ0v) is 10.8. The number of nitrogen functional groups attached to an aromatic ring is 1. The molecule has 18 heavy (non-hydrogen) atoms. The fourth-order valence-corrected chi connectivity index (χ4v) is 1.96.